The number of carbonyl (C=O) groups is 1. The van der Waals surface area contributed by atoms with Gasteiger partial charge in [0.1, 0.15) is 6.61 Å². The largest absolute Gasteiger partial charge is 0.445 e. The molecule has 0 unspecified atom stereocenters. The van der Waals surface area contributed by atoms with Gasteiger partial charge in [-0.05, 0) is 12.8 Å². The van der Waals surface area contributed by atoms with Crippen LogP contribution in [0.2, 0.25) is 0 Å². The monoisotopic (exact) mass is 167 g/mol. The zero-order chi connectivity index (χ0) is 8.81. The third-order valence-electron chi connectivity index (χ3n) is 1.66. The lowest BCUT2D eigenvalue weighted by atomic mass is 10.2. The third-order valence-corrected chi connectivity index (χ3v) is 1.66. The second kappa shape index (κ2) is 4.59. The lowest BCUT2D eigenvalue weighted by Gasteiger charge is -2.10. The number of carbonyl (C=O) groups excluding carboxylic acids is 1. The average Bonchev–Trinajstić information content (AvgIpc) is 2.53. The highest BCUT2D eigenvalue weighted by Gasteiger charge is 2.12. The van der Waals surface area contributed by atoms with Gasteiger partial charge in [0, 0.05) is 6.04 Å². The lowest BCUT2D eigenvalue weighted by molar-refractivity contribution is 0.154. The third kappa shape index (κ3) is 2.78. The molecule has 0 aliphatic heterocycles. The Labute approximate surface area is 72.1 Å². The van der Waals surface area contributed by atoms with Crippen molar-refractivity contribution in [3.63, 3.8) is 0 Å². The summed E-state index contributed by atoms with van der Waals surface area (Å²) >= 11 is 0. The van der Waals surface area contributed by atoms with E-state index < -0.39 is 0 Å². The van der Waals surface area contributed by atoms with E-state index >= 15 is 0 Å². The summed E-state index contributed by atoms with van der Waals surface area (Å²) in [6.45, 7) is 3.72. The fraction of sp³-hybridized carbons (Fsp3) is 0.444. The summed E-state index contributed by atoms with van der Waals surface area (Å²) in [6.07, 6.45) is 7.11. The van der Waals surface area contributed by atoms with Gasteiger partial charge in [-0.2, -0.15) is 0 Å². The molecular formula is C9H13NO2. The van der Waals surface area contributed by atoms with Crippen LogP contribution in [-0.4, -0.2) is 18.7 Å². The summed E-state index contributed by atoms with van der Waals surface area (Å²) in [4.78, 5) is 10.9. The van der Waals surface area contributed by atoms with Gasteiger partial charge >= 0.3 is 6.09 Å². The predicted octanol–water partition coefficient (Wildman–Crippen LogP) is 1.62. The van der Waals surface area contributed by atoms with Crippen LogP contribution in [0.15, 0.2) is 24.8 Å². The molecule has 0 aromatic rings. The number of alkyl carbamates (subject to hydrolysis) is 1. The molecule has 0 fully saturated rings. The minimum atomic E-state index is -0.358. The molecule has 12 heavy (non-hydrogen) atoms. The molecule has 0 bridgehead atoms. The van der Waals surface area contributed by atoms with Gasteiger partial charge in [-0.1, -0.05) is 24.8 Å². The quantitative estimate of drug-likeness (QED) is 0.648. The van der Waals surface area contributed by atoms with Gasteiger partial charge in [-0.15, -0.1) is 0 Å². The van der Waals surface area contributed by atoms with Gasteiger partial charge < -0.3 is 10.1 Å². The first-order valence-electron chi connectivity index (χ1n) is 4.02. The molecule has 0 aromatic heterocycles. The van der Waals surface area contributed by atoms with Gasteiger partial charge in [0.05, 0.1) is 0 Å². The van der Waals surface area contributed by atoms with Crippen molar-refractivity contribution in [1.82, 2.24) is 5.32 Å². The standard InChI is InChI=1S/C9H13NO2/c1-2-7-12-9(11)10-8-5-3-4-6-8/h2-4,8H,1,5-7H2,(H,10,11). The molecule has 0 saturated carbocycles. The van der Waals surface area contributed by atoms with E-state index in [1.807, 2.05) is 0 Å². The second-order valence-electron chi connectivity index (χ2n) is 2.67. The van der Waals surface area contributed by atoms with Crippen molar-refractivity contribution >= 4 is 6.09 Å². The number of nitrogens with one attached hydrogen (secondary N) is 1. The molecule has 1 aliphatic carbocycles. The smallest absolute Gasteiger partial charge is 0.407 e. The Kier molecular flexibility index (Phi) is 3.38. The predicted molar refractivity (Wildman–Crippen MR) is 46.8 cm³/mol. The minimum Gasteiger partial charge on any atom is -0.445 e. The molecule has 66 valence electrons. The van der Waals surface area contributed by atoms with Crippen LogP contribution in [0.4, 0.5) is 4.79 Å². The van der Waals surface area contributed by atoms with Crippen LogP contribution in [0.25, 0.3) is 0 Å². The van der Waals surface area contributed by atoms with Crippen molar-refractivity contribution in [3.05, 3.63) is 24.8 Å². The summed E-state index contributed by atoms with van der Waals surface area (Å²) in [5.41, 5.74) is 0. The summed E-state index contributed by atoms with van der Waals surface area (Å²) in [7, 11) is 0. The molecule has 0 spiro atoms. The summed E-state index contributed by atoms with van der Waals surface area (Å²) < 4.78 is 4.76. The molecular weight excluding hydrogens is 154 g/mol. The van der Waals surface area contributed by atoms with Crippen LogP contribution < -0.4 is 5.32 Å². The summed E-state index contributed by atoms with van der Waals surface area (Å²) in [5.74, 6) is 0. The van der Waals surface area contributed by atoms with Crippen molar-refractivity contribution in [2.75, 3.05) is 6.61 Å². The van der Waals surface area contributed by atoms with Gasteiger partial charge in [0.2, 0.25) is 0 Å². The van der Waals surface area contributed by atoms with Gasteiger partial charge in [-0.3, -0.25) is 0 Å². The van der Waals surface area contributed by atoms with E-state index in [9.17, 15) is 4.79 Å². The highest BCUT2D eigenvalue weighted by atomic mass is 16.5. The van der Waals surface area contributed by atoms with E-state index in [2.05, 4.69) is 24.0 Å². The number of amides is 1. The molecule has 0 atom stereocenters. The molecule has 1 aliphatic rings. The van der Waals surface area contributed by atoms with Crippen LogP contribution in [-0.2, 0) is 4.74 Å². The van der Waals surface area contributed by atoms with Crippen molar-refractivity contribution in [2.24, 2.45) is 0 Å². The highest BCUT2D eigenvalue weighted by Crippen LogP contribution is 2.08. The first-order valence-corrected chi connectivity index (χ1v) is 4.02. The molecule has 1 N–H and O–H groups in total. The zero-order valence-corrected chi connectivity index (χ0v) is 6.95. The van der Waals surface area contributed by atoms with Crippen LogP contribution in [0, 0.1) is 0 Å². The number of rotatable bonds is 3. The van der Waals surface area contributed by atoms with E-state index in [4.69, 9.17) is 4.74 Å². The maximum atomic E-state index is 10.9. The van der Waals surface area contributed by atoms with Gasteiger partial charge in [0.15, 0.2) is 0 Å². The Morgan fingerprint density at radius 1 is 1.67 bits per heavy atom. The van der Waals surface area contributed by atoms with Crippen molar-refractivity contribution in [3.8, 4) is 0 Å². The van der Waals surface area contributed by atoms with E-state index in [-0.39, 0.29) is 18.7 Å². The fourth-order valence-corrected chi connectivity index (χ4v) is 1.08. The molecule has 3 heteroatoms. The van der Waals surface area contributed by atoms with Crippen LogP contribution in [0.1, 0.15) is 12.8 Å². The maximum absolute atomic E-state index is 10.9. The zero-order valence-electron chi connectivity index (χ0n) is 6.95. The van der Waals surface area contributed by atoms with Crippen molar-refractivity contribution in [1.29, 1.82) is 0 Å². The Balaban J connectivity index is 2.13. The molecule has 1 rings (SSSR count). The van der Waals surface area contributed by atoms with Crippen LogP contribution in [0.3, 0.4) is 0 Å². The number of hydrogen-bond donors (Lipinski definition) is 1. The van der Waals surface area contributed by atoms with E-state index in [1.54, 1.807) is 6.08 Å². The molecule has 0 saturated heterocycles. The molecule has 0 radical (unpaired) electrons. The molecule has 0 aromatic carbocycles. The summed E-state index contributed by atoms with van der Waals surface area (Å²) in [6, 6.07) is 0.224. The normalized spacial score (nSPS) is 16.0. The van der Waals surface area contributed by atoms with Crippen LogP contribution >= 0.6 is 0 Å². The first kappa shape index (κ1) is 8.84. The number of ether oxygens (including phenoxy) is 1. The molecule has 3 nitrogen and oxygen atoms in total. The summed E-state index contributed by atoms with van der Waals surface area (Å²) in [5, 5.41) is 2.74. The Hall–Kier alpha value is -1.25. The average molecular weight is 167 g/mol. The maximum Gasteiger partial charge on any atom is 0.407 e. The Morgan fingerprint density at radius 2 is 2.33 bits per heavy atom. The Morgan fingerprint density at radius 3 is 2.92 bits per heavy atom. The van der Waals surface area contributed by atoms with Gasteiger partial charge in [-0.25, -0.2) is 4.79 Å². The van der Waals surface area contributed by atoms with E-state index in [0.717, 1.165) is 12.8 Å². The minimum absolute atomic E-state index is 0.224. The second-order valence-corrected chi connectivity index (χ2v) is 2.67. The van der Waals surface area contributed by atoms with Crippen LogP contribution in [0.5, 0.6) is 0 Å². The Bertz CT molecular complexity index is 191. The molecule has 1 amide bonds. The van der Waals surface area contributed by atoms with Crippen molar-refractivity contribution in [2.45, 2.75) is 18.9 Å². The highest BCUT2D eigenvalue weighted by molar-refractivity contribution is 5.67. The fourth-order valence-electron chi connectivity index (χ4n) is 1.08. The topological polar surface area (TPSA) is 38.3 Å². The number of hydrogen-bond acceptors (Lipinski definition) is 2. The first-order chi connectivity index (χ1) is 5.83. The van der Waals surface area contributed by atoms with Crippen molar-refractivity contribution < 1.29 is 9.53 Å². The van der Waals surface area contributed by atoms with Gasteiger partial charge in [0.25, 0.3) is 0 Å². The SMILES string of the molecule is C=CCOC(=O)NC1CC=CC1. The lowest BCUT2D eigenvalue weighted by Crippen LogP contribution is -2.33. The van der Waals surface area contributed by atoms with E-state index in [1.165, 1.54) is 0 Å². The van der Waals surface area contributed by atoms with E-state index in [0.29, 0.717) is 0 Å². The molecule has 0 heterocycles.